The van der Waals surface area contributed by atoms with Crippen molar-refractivity contribution in [3.63, 3.8) is 0 Å². The predicted molar refractivity (Wildman–Crippen MR) is 19.4 cm³/mol. The third-order valence-corrected chi connectivity index (χ3v) is 0.144. The molecule has 0 aromatic carbocycles. The molecule has 0 bridgehead atoms. The van der Waals surface area contributed by atoms with Crippen molar-refractivity contribution < 1.29 is 0 Å². The van der Waals surface area contributed by atoms with Crippen LogP contribution in [0.5, 0.6) is 0 Å². The average Bonchev–Trinajstić information content (AvgIpc) is 1.41. The van der Waals surface area contributed by atoms with E-state index in [2.05, 4.69) is 0 Å². The molecule has 1 nitrogen and oxygen atoms in total. The van der Waals surface area contributed by atoms with Crippen molar-refractivity contribution in [2.24, 2.45) is 0 Å². The van der Waals surface area contributed by atoms with Crippen molar-refractivity contribution in [2.45, 2.75) is 0 Å². The molecule has 0 fully saturated rings. The number of hydrogen-bond acceptors (Lipinski definition) is 1. The molecule has 0 aliphatic carbocycles. The minimum atomic E-state index is 1.08. The van der Waals surface area contributed by atoms with Crippen molar-refractivity contribution >= 4 is 5.87 Å². The summed E-state index contributed by atoms with van der Waals surface area (Å²) in [5.74, 6) is 3.69. The van der Waals surface area contributed by atoms with E-state index in [1.165, 1.54) is 0 Å². The Bertz CT molecular complexity index is 90.7. The minimum absolute atomic E-state index is 1.08. The standard InChI is InChI=1S/C4H2N/c1-2-3-4-5/h3,5H/q+1. The zero-order chi connectivity index (χ0) is 4.12. The summed E-state index contributed by atoms with van der Waals surface area (Å²) in [4.78, 5) is 0. The predicted octanol–water partition coefficient (Wildman–Crippen LogP) is 0.381. The van der Waals surface area contributed by atoms with Gasteiger partial charge in [-0.15, -0.1) is 0 Å². The molecule has 0 heterocycles. The second-order valence-electron chi connectivity index (χ2n) is 0.433. The van der Waals surface area contributed by atoms with E-state index in [0.29, 0.717) is 0 Å². The summed E-state index contributed by atoms with van der Waals surface area (Å²) < 4.78 is 0. The van der Waals surface area contributed by atoms with Gasteiger partial charge in [-0.05, 0) is 0 Å². The van der Waals surface area contributed by atoms with Crippen LogP contribution < -0.4 is 0 Å². The van der Waals surface area contributed by atoms with Gasteiger partial charge < -0.3 is 0 Å². The van der Waals surface area contributed by atoms with Gasteiger partial charge in [-0.2, -0.15) is 0 Å². The van der Waals surface area contributed by atoms with Crippen molar-refractivity contribution in [1.82, 2.24) is 0 Å². The Kier molecular flexibility index (Phi) is 2.73. The van der Waals surface area contributed by atoms with Gasteiger partial charge in [0.2, 0.25) is 0 Å². The van der Waals surface area contributed by atoms with Crippen molar-refractivity contribution in [3.8, 4) is 5.92 Å². The van der Waals surface area contributed by atoms with Crippen LogP contribution in [-0.2, 0) is 0 Å². The summed E-state index contributed by atoms with van der Waals surface area (Å²) in [5, 5.41) is 6.11. The van der Waals surface area contributed by atoms with Crippen LogP contribution in [0.15, 0.2) is 6.08 Å². The summed E-state index contributed by atoms with van der Waals surface area (Å²) in [7, 11) is 0. The summed E-state index contributed by atoms with van der Waals surface area (Å²) >= 11 is 0. The van der Waals surface area contributed by atoms with E-state index in [9.17, 15) is 0 Å². The Morgan fingerprint density at radius 1 is 1.80 bits per heavy atom. The third-order valence-electron chi connectivity index (χ3n) is 0.144. The second-order valence-corrected chi connectivity index (χ2v) is 0.433. The van der Waals surface area contributed by atoms with Gasteiger partial charge in [-0.25, -0.2) is 0 Å². The number of nitrogens with one attached hydrogen (secondary N) is 1. The number of allylic oxidation sites excluding steroid dienone is 1. The SMILES string of the molecule is [C+]#CC=C=N. The van der Waals surface area contributed by atoms with Crippen LogP contribution in [-0.4, -0.2) is 5.87 Å². The van der Waals surface area contributed by atoms with E-state index < -0.39 is 0 Å². The average molecular weight is 64.1 g/mol. The maximum atomic E-state index is 6.11. The fourth-order valence-electron chi connectivity index (χ4n) is 0.0361. The van der Waals surface area contributed by atoms with Gasteiger partial charge in [-0.1, -0.05) is 0 Å². The van der Waals surface area contributed by atoms with E-state index in [4.69, 9.17) is 11.8 Å². The van der Waals surface area contributed by atoms with Gasteiger partial charge in [0.1, 0.15) is 0 Å². The van der Waals surface area contributed by atoms with Crippen LogP contribution in [0, 0.1) is 17.8 Å². The molecule has 0 radical (unpaired) electrons. The van der Waals surface area contributed by atoms with E-state index in [1.54, 1.807) is 0 Å². The molecule has 0 unspecified atom stereocenters. The molecular weight excluding hydrogens is 62.1 g/mol. The third kappa shape index (κ3) is 3.23. The van der Waals surface area contributed by atoms with Gasteiger partial charge in [-0.3, -0.25) is 0 Å². The first-order chi connectivity index (χ1) is 2.41. The molecule has 0 amide bonds. The fourth-order valence-corrected chi connectivity index (χ4v) is 0.0361. The Labute approximate surface area is 30.8 Å². The molecule has 0 rings (SSSR count). The molecule has 1 heteroatoms. The molecule has 0 saturated carbocycles. The monoisotopic (exact) mass is 64.0 g/mol. The fraction of sp³-hybridized carbons (Fsp3) is 0. The topological polar surface area (TPSA) is 23.9 Å². The first kappa shape index (κ1) is 4.23. The molecule has 5 heavy (non-hydrogen) atoms. The number of hydrogen-bond donors (Lipinski definition) is 1. The Morgan fingerprint density at radius 3 is 2.40 bits per heavy atom. The molecule has 22 valence electrons. The van der Waals surface area contributed by atoms with Gasteiger partial charge in [0.25, 0.3) is 0 Å². The van der Waals surface area contributed by atoms with Crippen molar-refractivity contribution in [3.05, 3.63) is 12.5 Å². The van der Waals surface area contributed by atoms with Crippen LogP contribution in [0.25, 0.3) is 0 Å². The van der Waals surface area contributed by atoms with Gasteiger partial charge in [0, 0.05) is 0 Å². The van der Waals surface area contributed by atoms with E-state index in [-0.39, 0.29) is 0 Å². The molecule has 0 aliphatic heterocycles. The zero-order valence-electron chi connectivity index (χ0n) is 2.58. The van der Waals surface area contributed by atoms with E-state index in [0.717, 1.165) is 6.08 Å². The molecule has 0 aromatic rings. The first-order valence-electron chi connectivity index (χ1n) is 1.08. The first-order valence-corrected chi connectivity index (χ1v) is 1.08. The molecule has 0 spiro atoms. The van der Waals surface area contributed by atoms with Crippen molar-refractivity contribution in [1.29, 1.82) is 5.41 Å². The molecule has 1 N–H and O–H groups in total. The van der Waals surface area contributed by atoms with Crippen LogP contribution >= 0.6 is 0 Å². The van der Waals surface area contributed by atoms with Gasteiger partial charge in [0.15, 0.2) is 0 Å². The Hall–Kier alpha value is -0.770. The normalized spacial score (nSPS) is 4.40. The van der Waals surface area contributed by atoms with E-state index >= 15 is 0 Å². The molecular formula is C4H2N+. The van der Waals surface area contributed by atoms with Crippen LogP contribution in [0.3, 0.4) is 0 Å². The maximum absolute atomic E-state index is 6.11. The molecule has 0 saturated heterocycles. The summed E-state index contributed by atoms with van der Waals surface area (Å²) in [6, 6.07) is 0. The second kappa shape index (κ2) is 3.23. The molecule has 0 aliphatic rings. The Balaban J connectivity index is 3.46. The number of rotatable bonds is 0. The van der Waals surface area contributed by atoms with Crippen molar-refractivity contribution in [2.75, 3.05) is 0 Å². The Morgan fingerprint density at radius 2 is 2.40 bits per heavy atom. The molecule has 0 aromatic heterocycles. The summed E-state index contributed by atoms with van der Waals surface area (Å²) in [5.41, 5.74) is 0. The zero-order valence-corrected chi connectivity index (χ0v) is 2.58. The summed E-state index contributed by atoms with van der Waals surface area (Å²) in [6.45, 7) is 0. The molecule has 0 atom stereocenters. The van der Waals surface area contributed by atoms with Crippen LogP contribution in [0.2, 0.25) is 0 Å². The van der Waals surface area contributed by atoms with Gasteiger partial charge in [0.05, 0.1) is 0 Å². The summed E-state index contributed by atoms with van der Waals surface area (Å²) in [6.07, 6.45) is 7.20. The van der Waals surface area contributed by atoms with E-state index in [1.807, 2.05) is 11.8 Å². The quantitative estimate of drug-likeness (QED) is 0.239. The van der Waals surface area contributed by atoms with Gasteiger partial charge >= 0.3 is 29.7 Å². The van der Waals surface area contributed by atoms with Crippen LogP contribution in [0.4, 0.5) is 0 Å². The van der Waals surface area contributed by atoms with Crippen LogP contribution in [0.1, 0.15) is 0 Å².